The van der Waals surface area contributed by atoms with E-state index < -0.39 is 20.8 Å². The van der Waals surface area contributed by atoms with Gasteiger partial charge >= 0.3 is 37.7 Å². The summed E-state index contributed by atoms with van der Waals surface area (Å²) in [6.45, 7) is 9.25. The Morgan fingerprint density at radius 3 is 0.434 bits per heavy atom. The zero-order chi connectivity index (χ0) is 60.2. The number of hydrogen-bond donors (Lipinski definition) is 0. The van der Waals surface area contributed by atoms with Gasteiger partial charge in [-0.1, -0.05) is 413 Å². The van der Waals surface area contributed by atoms with E-state index >= 15 is 0 Å². The molecule has 0 aliphatic carbocycles. The van der Waals surface area contributed by atoms with Crippen molar-refractivity contribution in [3.05, 3.63) is 0 Å². The molecule has 0 amide bonds. The van der Waals surface area contributed by atoms with Gasteiger partial charge in [-0.05, 0) is 37.5 Å². The Labute approximate surface area is 552 Å². The van der Waals surface area contributed by atoms with Crippen LogP contribution in [-0.4, -0.2) is 76.9 Å². The van der Waals surface area contributed by atoms with Crippen molar-refractivity contribution in [1.29, 1.82) is 0 Å². The Balaban J connectivity index is -0.00000152. The van der Waals surface area contributed by atoms with Crippen LogP contribution in [0.5, 0.6) is 0 Å². The molecule has 0 aliphatic rings. The molecule has 0 aromatic heterocycles. The molecule has 0 spiro atoms. The molecular weight excluding hydrogens is 1100 g/mol. The fourth-order valence-electron chi connectivity index (χ4n) is 12.2. The van der Waals surface area contributed by atoms with Crippen LogP contribution in [0.15, 0.2) is 0 Å². The van der Waals surface area contributed by atoms with Gasteiger partial charge in [0.2, 0.25) is 20.8 Å². The smallest absolute Gasteiger partial charge is 0.726 e. The van der Waals surface area contributed by atoms with Crippen LogP contribution in [-0.2, 0) is 29.2 Å². The van der Waals surface area contributed by atoms with E-state index in [1.165, 1.54) is 360 Å². The van der Waals surface area contributed by atoms with E-state index in [1.54, 1.807) is 0 Å². The molecule has 0 saturated carbocycles. The fraction of sp³-hybridized carbons (Fsp3) is 1.00. The minimum atomic E-state index is -4.59. The van der Waals surface area contributed by atoms with Crippen LogP contribution in [0.1, 0.15) is 439 Å². The topological polar surface area (TPSA) is 133 Å². The molecule has 2 unspecified atom stereocenters. The Morgan fingerprint density at radius 1 is 0.217 bits per heavy atom. The third kappa shape index (κ3) is 83.0. The molecule has 0 aliphatic heterocycles. The van der Waals surface area contributed by atoms with Crippen molar-refractivity contribution in [3.8, 4) is 0 Å². The maximum Gasteiger partial charge on any atom is 2.00 e. The van der Waals surface area contributed by atoms with E-state index in [-0.39, 0.29) is 62.8 Å². The molecule has 0 radical (unpaired) electrons. The molecule has 0 aromatic rings. The van der Waals surface area contributed by atoms with E-state index in [0.717, 1.165) is 51.4 Å². The summed E-state index contributed by atoms with van der Waals surface area (Å²) >= 11 is 0. The predicted molar refractivity (Wildman–Crippen MR) is 362 cm³/mol. The second kappa shape index (κ2) is 73.7. The summed E-state index contributed by atoms with van der Waals surface area (Å²) in [4.78, 5) is 0. The van der Waals surface area contributed by atoms with E-state index in [2.05, 4.69) is 36.1 Å². The summed E-state index contributed by atoms with van der Waals surface area (Å²) in [6.07, 6.45) is 84.9. The molecule has 83 heavy (non-hydrogen) atoms. The van der Waals surface area contributed by atoms with Crippen molar-refractivity contribution >= 4 is 58.5 Å². The molecule has 2 atom stereocenters. The molecule has 0 fully saturated rings. The third-order valence-corrected chi connectivity index (χ3v) is 18.6. The molecule has 0 heterocycles. The average molecular weight is 1240 g/mol. The largest absolute Gasteiger partial charge is 2.00 e. The zero-order valence-electron chi connectivity index (χ0n) is 56.6. The van der Waals surface area contributed by atoms with E-state index in [0.29, 0.717) is 0 Å². The van der Waals surface area contributed by atoms with Crippen LogP contribution in [0.25, 0.3) is 0 Å². The Bertz CT molecular complexity index is 1300. The van der Waals surface area contributed by atoms with Gasteiger partial charge in [-0.2, -0.15) is 0 Å². The quantitative estimate of drug-likeness (QED) is 0.0254. The monoisotopic (exact) mass is 1240 g/mol. The third-order valence-electron chi connectivity index (χ3n) is 17.8. The van der Waals surface area contributed by atoms with Crippen molar-refractivity contribution in [2.24, 2.45) is 11.8 Å². The summed E-state index contributed by atoms with van der Waals surface area (Å²) < 4.78 is 75.2. The standard InChI is InChI=1S/2C36H74O4S.Ca/c2*1-3-5-7-9-11-13-15-17-18-19-20-21-22-24-26-28-30-32-34-36(35-40-41(37,38)39)33-31-29-27-25-23-16-14-12-10-8-6-4-2;/h2*36H,3-35H2,1-2H3,(H,37,38,39);/q;;+2/p-2. The normalized spacial score (nSPS) is 12.6. The number of unbranched alkanes of at least 4 members (excludes halogenated alkanes) is 56. The van der Waals surface area contributed by atoms with Crippen LogP contribution >= 0.6 is 0 Å². The molecule has 0 rings (SSSR count). The van der Waals surface area contributed by atoms with Gasteiger partial charge < -0.3 is 9.11 Å². The fourth-order valence-corrected chi connectivity index (χ4v) is 12.9. The zero-order valence-corrected chi connectivity index (χ0v) is 60.5. The summed E-state index contributed by atoms with van der Waals surface area (Å²) in [7, 11) is -9.18. The molecule has 11 heteroatoms. The molecule has 0 bridgehead atoms. The van der Waals surface area contributed by atoms with Gasteiger partial charge in [0, 0.05) is 0 Å². The van der Waals surface area contributed by atoms with E-state index in [9.17, 15) is 25.9 Å². The molecule has 8 nitrogen and oxygen atoms in total. The maximum absolute atomic E-state index is 11.0. The average Bonchev–Trinajstić information content (AvgIpc) is 3.45. The summed E-state index contributed by atoms with van der Waals surface area (Å²) in [5.74, 6) is 0.394. The van der Waals surface area contributed by atoms with Gasteiger partial charge in [0.15, 0.2) is 0 Å². The van der Waals surface area contributed by atoms with E-state index in [4.69, 9.17) is 0 Å². The van der Waals surface area contributed by atoms with Gasteiger partial charge in [-0.15, -0.1) is 0 Å². The molecule has 0 saturated heterocycles. The van der Waals surface area contributed by atoms with Gasteiger partial charge in [0.1, 0.15) is 0 Å². The number of hydrogen-bond acceptors (Lipinski definition) is 8. The second-order valence-corrected chi connectivity index (χ2v) is 28.2. The molecule has 0 aromatic carbocycles. The van der Waals surface area contributed by atoms with Gasteiger partial charge in [-0.3, -0.25) is 8.37 Å². The minimum Gasteiger partial charge on any atom is -0.726 e. The summed E-state index contributed by atoms with van der Waals surface area (Å²) in [6, 6.07) is 0. The first-order valence-electron chi connectivity index (χ1n) is 37.2. The molecular formula is C72H146CaO8S2. The van der Waals surface area contributed by atoms with Crippen molar-refractivity contribution in [2.75, 3.05) is 13.2 Å². The minimum absolute atomic E-state index is 0. The van der Waals surface area contributed by atoms with E-state index in [1.807, 2.05) is 0 Å². The van der Waals surface area contributed by atoms with Gasteiger partial charge in [-0.25, -0.2) is 16.8 Å². The predicted octanol–water partition coefficient (Wildman–Crippen LogP) is 24.8. The van der Waals surface area contributed by atoms with Gasteiger partial charge in [0.25, 0.3) is 0 Å². The van der Waals surface area contributed by atoms with Crippen molar-refractivity contribution < 1.29 is 34.3 Å². The van der Waals surface area contributed by atoms with Crippen LogP contribution in [0.2, 0.25) is 0 Å². The Hall–Kier alpha value is 1.000. The molecule has 496 valence electrons. The Morgan fingerprint density at radius 2 is 0.325 bits per heavy atom. The first kappa shape index (κ1) is 88.2. The second-order valence-electron chi connectivity index (χ2n) is 26.1. The van der Waals surface area contributed by atoms with Crippen LogP contribution in [0, 0.1) is 11.8 Å². The first-order chi connectivity index (χ1) is 40.0. The van der Waals surface area contributed by atoms with Crippen molar-refractivity contribution in [2.45, 2.75) is 439 Å². The number of rotatable bonds is 70. The first-order valence-corrected chi connectivity index (χ1v) is 39.9. The summed E-state index contributed by atoms with van der Waals surface area (Å²) in [5, 5.41) is 0. The maximum atomic E-state index is 11.0. The van der Waals surface area contributed by atoms with Crippen molar-refractivity contribution in [3.63, 3.8) is 0 Å². The van der Waals surface area contributed by atoms with Gasteiger partial charge in [0.05, 0.1) is 13.2 Å². The van der Waals surface area contributed by atoms with Crippen molar-refractivity contribution in [1.82, 2.24) is 0 Å². The molecule has 0 N–H and O–H groups in total. The van der Waals surface area contributed by atoms with Crippen LogP contribution in [0.3, 0.4) is 0 Å². The Kier molecular flexibility index (Phi) is 78.4. The SMILES string of the molecule is CCCCCCCCCCCCCCCCCCCCC(CCCCCCCCCCCCCC)COS(=O)(=O)[O-].CCCCCCCCCCCCCCCCCCCCC(CCCCCCCCCCCCCC)COS(=O)(=O)[O-].[Ca+2]. The van der Waals surface area contributed by atoms with Crippen LogP contribution in [0.4, 0.5) is 0 Å². The van der Waals surface area contributed by atoms with Crippen LogP contribution < -0.4 is 0 Å². The summed E-state index contributed by atoms with van der Waals surface area (Å²) in [5.41, 5.74) is 0.